The van der Waals surface area contributed by atoms with Crippen molar-refractivity contribution in [1.82, 2.24) is 4.90 Å². The van der Waals surface area contributed by atoms with Gasteiger partial charge >= 0.3 is 12.1 Å². The smallest absolute Gasteiger partial charge is 0.475 e. The summed E-state index contributed by atoms with van der Waals surface area (Å²) in [5, 5.41) is 7.12. The van der Waals surface area contributed by atoms with E-state index in [1.807, 2.05) is 0 Å². The van der Waals surface area contributed by atoms with E-state index in [-0.39, 0.29) is 0 Å². The van der Waals surface area contributed by atoms with Gasteiger partial charge in [0.05, 0.1) is 0 Å². The molecule has 3 N–H and O–H groups in total. The molecule has 0 aliphatic carbocycles. The van der Waals surface area contributed by atoms with Crippen LogP contribution in [0.25, 0.3) is 0 Å². The predicted molar refractivity (Wildman–Crippen MR) is 62.2 cm³/mol. The maximum Gasteiger partial charge on any atom is 0.490 e. The third kappa shape index (κ3) is 8.30. The van der Waals surface area contributed by atoms with Gasteiger partial charge in [-0.15, -0.1) is 0 Å². The molecule has 1 unspecified atom stereocenters. The Labute approximate surface area is 105 Å². The van der Waals surface area contributed by atoms with Crippen LogP contribution in [-0.2, 0) is 4.79 Å². The molecule has 1 fully saturated rings. The van der Waals surface area contributed by atoms with Crippen molar-refractivity contribution in [2.75, 3.05) is 19.6 Å². The first-order valence-electron chi connectivity index (χ1n) is 5.91. The maximum atomic E-state index is 10.6. The minimum absolute atomic E-state index is 0.433. The van der Waals surface area contributed by atoms with E-state index in [9.17, 15) is 13.2 Å². The summed E-state index contributed by atoms with van der Waals surface area (Å²) in [6.07, 6.45) is -2.58. The molecule has 0 aromatic heterocycles. The molecule has 0 saturated carbocycles. The highest BCUT2D eigenvalue weighted by atomic mass is 19.4. The highest BCUT2D eigenvalue weighted by Crippen LogP contribution is 2.13. The third-order valence-corrected chi connectivity index (χ3v) is 2.41. The highest BCUT2D eigenvalue weighted by molar-refractivity contribution is 5.73. The van der Waals surface area contributed by atoms with Crippen LogP contribution < -0.4 is 5.73 Å². The van der Waals surface area contributed by atoms with Gasteiger partial charge in [0.2, 0.25) is 0 Å². The molecular formula is C11H21F3N2O2. The average molecular weight is 270 g/mol. The quantitative estimate of drug-likeness (QED) is 0.801. The average Bonchev–Trinajstić information content (AvgIpc) is 2.15. The van der Waals surface area contributed by atoms with Crippen molar-refractivity contribution in [3.63, 3.8) is 0 Å². The number of nitrogens with zero attached hydrogens (tertiary/aromatic N) is 1. The zero-order valence-electron chi connectivity index (χ0n) is 10.7. The second-order valence-corrected chi connectivity index (χ2v) is 4.86. The van der Waals surface area contributed by atoms with Crippen molar-refractivity contribution in [3.05, 3.63) is 0 Å². The van der Waals surface area contributed by atoms with Crippen LogP contribution in [-0.4, -0.2) is 47.8 Å². The number of piperidine rings is 1. The number of carbonyl (C=O) groups is 1. The van der Waals surface area contributed by atoms with Gasteiger partial charge in [-0.05, 0) is 25.3 Å². The Kier molecular flexibility index (Phi) is 7.23. The molecule has 7 heteroatoms. The van der Waals surface area contributed by atoms with Crippen molar-refractivity contribution in [2.45, 2.75) is 38.9 Å². The van der Waals surface area contributed by atoms with E-state index in [1.54, 1.807) is 0 Å². The van der Waals surface area contributed by atoms with Crippen LogP contribution in [0.5, 0.6) is 0 Å². The summed E-state index contributed by atoms with van der Waals surface area (Å²) < 4.78 is 31.7. The number of hydrogen-bond acceptors (Lipinski definition) is 3. The summed E-state index contributed by atoms with van der Waals surface area (Å²) >= 11 is 0. The Morgan fingerprint density at radius 2 is 2.00 bits per heavy atom. The molecule has 4 nitrogen and oxygen atoms in total. The number of hydrogen-bond donors (Lipinski definition) is 2. The topological polar surface area (TPSA) is 66.6 Å². The lowest BCUT2D eigenvalue weighted by Crippen LogP contribution is -2.44. The van der Waals surface area contributed by atoms with Gasteiger partial charge in [0.1, 0.15) is 0 Å². The molecule has 0 aromatic rings. The van der Waals surface area contributed by atoms with Gasteiger partial charge in [0.15, 0.2) is 0 Å². The number of carboxylic acids is 1. The minimum atomic E-state index is -5.08. The van der Waals surface area contributed by atoms with Gasteiger partial charge in [-0.1, -0.05) is 13.8 Å². The lowest BCUT2D eigenvalue weighted by Gasteiger charge is -2.31. The minimum Gasteiger partial charge on any atom is -0.475 e. The van der Waals surface area contributed by atoms with Crippen molar-refractivity contribution < 1.29 is 23.1 Å². The molecule has 1 aliphatic rings. The fraction of sp³-hybridized carbons (Fsp3) is 0.909. The number of likely N-dealkylation sites (tertiary alicyclic amines) is 1. The van der Waals surface area contributed by atoms with Crippen LogP contribution in [0.15, 0.2) is 0 Å². The van der Waals surface area contributed by atoms with Gasteiger partial charge < -0.3 is 15.7 Å². The molecule has 18 heavy (non-hydrogen) atoms. The first-order chi connectivity index (χ1) is 8.12. The zero-order chi connectivity index (χ0) is 14.3. The fourth-order valence-corrected chi connectivity index (χ4v) is 1.77. The summed E-state index contributed by atoms with van der Waals surface area (Å²) in [7, 11) is 0. The fourth-order valence-electron chi connectivity index (χ4n) is 1.77. The second kappa shape index (κ2) is 7.58. The van der Waals surface area contributed by atoms with Crippen molar-refractivity contribution >= 4 is 5.97 Å². The Hall–Kier alpha value is -0.820. The van der Waals surface area contributed by atoms with Gasteiger partial charge in [-0.3, -0.25) is 0 Å². The molecule has 1 atom stereocenters. The monoisotopic (exact) mass is 270 g/mol. The Morgan fingerprint density at radius 1 is 1.50 bits per heavy atom. The molecule has 0 radical (unpaired) electrons. The van der Waals surface area contributed by atoms with E-state index in [1.165, 1.54) is 25.9 Å². The Morgan fingerprint density at radius 3 is 2.33 bits per heavy atom. The summed E-state index contributed by atoms with van der Waals surface area (Å²) in [4.78, 5) is 11.4. The van der Waals surface area contributed by atoms with Crippen LogP contribution in [0, 0.1) is 5.92 Å². The standard InChI is InChI=1S/C9H20N2.C2HF3O2/c1-8(2)6-11-5-3-4-9(10)7-11;3-2(4,5)1(6)7/h8-9H,3-7,10H2,1-2H3;(H,6,7). The SMILES string of the molecule is CC(C)CN1CCCC(N)C1.O=C(O)C(F)(F)F. The lowest BCUT2D eigenvalue weighted by atomic mass is 10.1. The third-order valence-electron chi connectivity index (χ3n) is 2.41. The van der Waals surface area contributed by atoms with Crippen molar-refractivity contribution in [3.8, 4) is 0 Å². The van der Waals surface area contributed by atoms with Crippen LogP contribution in [0.3, 0.4) is 0 Å². The van der Waals surface area contributed by atoms with Crippen molar-refractivity contribution in [2.24, 2.45) is 11.7 Å². The largest absolute Gasteiger partial charge is 0.490 e. The first-order valence-corrected chi connectivity index (χ1v) is 5.91. The van der Waals surface area contributed by atoms with Gasteiger partial charge in [-0.25, -0.2) is 4.79 Å². The van der Waals surface area contributed by atoms with E-state index in [2.05, 4.69) is 18.7 Å². The zero-order valence-corrected chi connectivity index (χ0v) is 10.7. The number of alkyl halides is 3. The van der Waals surface area contributed by atoms with E-state index < -0.39 is 12.1 Å². The predicted octanol–water partition coefficient (Wildman–Crippen LogP) is 1.70. The van der Waals surface area contributed by atoms with Crippen LogP contribution in [0.2, 0.25) is 0 Å². The van der Waals surface area contributed by atoms with E-state index in [0.717, 1.165) is 12.5 Å². The lowest BCUT2D eigenvalue weighted by molar-refractivity contribution is -0.192. The van der Waals surface area contributed by atoms with Crippen LogP contribution in [0.4, 0.5) is 13.2 Å². The number of carboxylic acid groups (broad SMARTS) is 1. The second-order valence-electron chi connectivity index (χ2n) is 4.86. The van der Waals surface area contributed by atoms with E-state index in [4.69, 9.17) is 15.6 Å². The van der Waals surface area contributed by atoms with E-state index >= 15 is 0 Å². The first kappa shape index (κ1) is 17.2. The maximum absolute atomic E-state index is 10.6. The normalized spacial score (nSPS) is 21.4. The number of rotatable bonds is 2. The van der Waals surface area contributed by atoms with Gasteiger partial charge in [-0.2, -0.15) is 13.2 Å². The van der Waals surface area contributed by atoms with E-state index in [0.29, 0.717) is 6.04 Å². The Bertz CT molecular complexity index is 255. The molecular weight excluding hydrogens is 249 g/mol. The van der Waals surface area contributed by atoms with Crippen LogP contribution in [0.1, 0.15) is 26.7 Å². The summed E-state index contributed by atoms with van der Waals surface area (Å²) in [5.41, 5.74) is 5.86. The molecule has 1 aliphatic heterocycles. The molecule has 1 rings (SSSR count). The number of halogens is 3. The summed E-state index contributed by atoms with van der Waals surface area (Å²) in [5.74, 6) is -1.98. The van der Waals surface area contributed by atoms with Crippen molar-refractivity contribution in [1.29, 1.82) is 0 Å². The molecule has 1 saturated heterocycles. The van der Waals surface area contributed by atoms with Gasteiger partial charge in [0, 0.05) is 19.1 Å². The highest BCUT2D eigenvalue weighted by Gasteiger charge is 2.38. The van der Waals surface area contributed by atoms with Crippen LogP contribution >= 0.6 is 0 Å². The Balaban J connectivity index is 0.000000360. The molecule has 108 valence electrons. The molecule has 0 amide bonds. The molecule has 1 heterocycles. The number of aliphatic carboxylic acids is 1. The molecule has 0 spiro atoms. The number of nitrogens with two attached hydrogens (primary N) is 1. The molecule has 0 aromatic carbocycles. The van der Waals surface area contributed by atoms with Gasteiger partial charge in [0.25, 0.3) is 0 Å². The summed E-state index contributed by atoms with van der Waals surface area (Å²) in [6.45, 7) is 8.11. The molecule has 0 bridgehead atoms. The summed E-state index contributed by atoms with van der Waals surface area (Å²) in [6, 6.07) is 0.433.